The fraction of sp³-hybridized carbons (Fsp3) is 0.905. The highest BCUT2D eigenvalue weighted by atomic mass is 16.6. The second-order valence-electron chi connectivity index (χ2n) is 14.5. The van der Waals surface area contributed by atoms with Gasteiger partial charge in [0.2, 0.25) is 0 Å². The molecular formula is C42H78O9. The van der Waals surface area contributed by atoms with Gasteiger partial charge in [-0.1, -0.05) is 143 Å². The first kappa shape index (κ1) is 48.8. The molecule has 9 heteroatoms. The van der Waals surface area contributed by atoms with Gasteiger partial charge in [-0.05, 0) is 32.1 Å². The molecule has 0 aliphatic heterocycles. The van der Waals surface area contributed by atoms with Crippen LogP contribution in [0.1, 0.15) is 201 Å². The summed E-state index contributed by atoms with van der Waals surface area (Å²) in [5.74, 6) is -1.68. The summed E-state index contributed by atoms with van der Waals surface area (Å²) in [5, 5.41) is 9.69. The van der Waals surface area contributed by atoms with Gasteiger partial charge in [0.05, 0.1) is 39.0 Å². The molecule has 0 aromatic heterocycles. The van der Waals surface area contributed by atoms with E-state index in [1.54, 1.807) is 0 Å². The van der Waals surface area contributed by atoms with Crippen LogP contribution < -0.4 is 0 Å². The Bertz CT molecular complexity index is 801. The van der Waals surface area contributed by atoms with Crippen LogP contribution in [-0.2, 0) is 38.1 Å². The molecule has 1 atom stereocenters. The molecule has 0 saturated carbocycles. The maximum absolute atomic E-state index is 12.4. The minimum Gasteiger partial charge on any atom is -0.465 e. The maximum atomic E-state index is 12.4. The van der Waals surface area contributed by atoms with Crippen LogP contribution in [0.4, 0.5) is 0 Å². The second kappa shape index (κ2) is 37.6. The van der Waals surface area contributed by atoms with Crippen LogP contribution in [0.5, 0.6) is 0 Å². The molecule has 0 aromatic carbocycles. The van der Waals surface area contributed by atoms with Crippen molar-refractivity contribution in [3.8, 4) is 0 Å². The predicted molar refractivity (Wildman–Crippen MR) is 204 cm³/mol. The normalized spacial score (nSPS) is 11.8. The lowest BCUT2D eigenvalue weighted by Crippen LogP contribution is -2.24. The van der Waals surface area contributed by atoms with Crippen LogP contribution in [0.2, 0.25) is 0 Å². The molecule has 0 bridgehead atoms. The molecule has 300 valence electrons. The standard InChI is InChI=1S/C42H78O9/c1-4-7-10-13-14-15-16-17-18-21-24-30-41(46)50-35-38(32-43)36-51-42(47)31-26-25-27-37(33-48-39(44)28-22-19-11-8-5-2)34-49-40(45)29-23-20-12-9-6-3/h37-38,43H,4-36H2,1-3H3. The molecular weight excluding hydrogens is 648 g/mol. The van der Waals surface area contributed by atoms with Crippen molar-refractivity contribution in [2.45, 2.75) is 201 Å². The SMILES string of the molecule is CCCCCCCCCCCCCC(=O)OCC(CO)COC(=O)CCCCC(COC(=O)CCCCCCC)COC(=O)CCCCCCC. The van der Waals surface area contributed by atoms with E-state index in [4.69, 9.17) is 18.9 Å². The molecule has 0 aliphatic rings. The summed E-state index contributed by atoms with van der Waals surface area (Å²) < 4.78 is 21.8. The number of carbonyl (C=O) groups is 4. The highest BCUT2D eigenvalue weighted by Crippen LogP contribution is 2.16. The monoisotopic (exact) mass is 727 g/mol. The lowest BCUT2D eigenvalue weighted by atomic mass is 10.0. The van der Waals surface area contributed by atoms with E-state index in [2.05, 4.69) is 20.8 Å². The van der Waals surface area contributed by atoms with Crippen LogP contribution in [0.3, 0.4) is 0 Å². The second-order valence-corrected chi connectivity index (χ2v) is 14.5. The van der Waals surface area contributed by atoms with E-state index >= 15 is 0 Å². The zero-order chi connectivity index (χ0) is 37.6. The number of aliphatic hydroxyl groups excluding tert-OH is 1. The minimum absolute atomic E-state index is 0.00747. The lowest BCUT2D eigenvalue weighted by Gasteiger charge is -2.17. The molecule has 0 aliphatic carbocycles. The van der Waals surface area contributed by atoms with E-state index < -0.39 is 5.92 Å². The summed E-state index contributed by atoms with van der Waals surface area (Å²) >= 11 is 0. The first-order valence-electron chi connectivity index (χ1n) is 21.1. The third-order valence-corrected chi connectivity index (χ3v) is 9.37. The average molecular weight is 727 g/mol. The summed E-state index contributed by atoms with van der Waals surface area (Å²) in [6.45, 7) is 6.72. The molecule has 9 nitrogen and oxygen atoms in total. The van der Waals surface area contributed by atoms with Gasteiger partial charge in [-0.15, -0.1) is 0 Å². The number of rotatable bonds is 38. The predicted octanol–water partition coefficient (Wildman–Crippen LogP) is 10.4. The zero-order valence-electron chi connectivity index (χ0n) is 33.2. The fourth-order valence-corrected chi connectivity index (χ4v) is 5.88. The Morgan fingerprint density at radius 3 is 0.922 bits per heavy atom. The molecule has 1 N–H and O–H groups in total. The van der Waals surface area contributed by atoms with Crippen molar-refractivity contribution < 1.29 is 43.2 Å². The molecule has 0 fully saturated rings. The van der Waals surface area contributed by atoms with E-state index in [0.717, 1.165) is 70.6 Å². The molecule has 1 unspecified atom stereocenters. The van der Waals surface area contributed by atoms with E-state index in [0.29, 0.717) is 38.5 Å². The van der Waals surface area contributed by atoms with Gasteiger partial charge in [-0.25, -0.2) is 0 Å². The Balaban J connectivity index is 4.30. The summed E-state index contributed by atoms with van der Waals surface area (Å²) in [6.07, 6.45) is 27.2. The average Bonchev–Trinajstić information content (AvgIpc) is 3.12. The van der Waals surface area contributed by atoms with Gasteiger partial charge in [0.25, 0.3) is 0 Å². The van der Waals surface area contributed by atoms with Crippen LogP contribution in [0, 0.1) is 11.8 Å². The van der Waals surface area contributed by atoms with Crippen molar-refractivity contribution in [2.75, 3.05) is 33.0 Å². The number of ether oxygens (including phenoxy) is 4. The van der Waals surface area contributed by atoms with Crippen molar-refractivity contribution in [1.29, 1.82) is 0 Å². The number of carbonyl (C=O) groups excluding carboxylic acids is 4. The van der Waals surface area contributed by atoms with E-state index in [1.807, 2.05) is 0 Å². The minimum atomic E-state index is -0.456. The first-order valence-corrected chi connectivity index (χ1v) is 21.1. The summed E-state index contributed by atoms with van der Waals surface area (Å²) in [4.78, 5) is 49.1. The molecule has 0 heterocycles. The summed E-state index contributed by atoms with van der Waals surface area (Å²) in [6, 6.07) is 0. The van der Waals surface area contributed by atoms with E-state index in [-0.39, 0.29) is 69.3 Å². The quantitative estimate of drug-likeness (QED) is 0.0376. The van der Waals surface area contributed by atoms with Gasteiger partial charge >= 0.3 is 23.9 Å². The summed E-state index contributed by atoms with van der Waals surface area (Å²) in [7, 11) is 0. The van der Waals surface area contributed by atoms with Crippen molar-refractivity contribution >= 4 is 23.9 Å². The maximum Gasteiger partial charge on any atom is 0.305 e. The molecule has 0 spiro atoms. The topological polar surface area (TPSA) is 125 Å². The lowest BCUT2D eigenvalue weighted by molar-refractivity contribution is -0.151. The fourth-order valence-electron chi connectivity index (χ4n) is 5.88. The number of esters is 4. The van der Waals surface area contributed by atoms with Crippen LogP contribution >= 0.6 is 0 Å². The Morgan fingerprint density at radius 1 is 0.373 bits per heavy atom. The molecule has 0 saturated heterocycles. The van der Waals surface area contributed by atoms with Gasteiger partial charge < -0.3 is 24.1 Å². The van der Waals surface area contributed by atoms with Crippen LogP contribution in [0.15, 0.2) is 0 Å². The van der Waals surface area contributed by atoms with Gasteiger partial charge in [-0.3, -0.25) is 19.2 Å². The molecule has 0 amide bonds. The molecule has 0 aromatic rings. The van der Waals surface area contributed by atoms with E-state index in [9.17, 15) is 24.3 Å². The van der Waals surface area contributed by atoms with Crippen molar-refractivity contribution in [3.05, 3.63) is 0 Å². The van der Waals surface area contributed by atoms with Crippen LogP contribution in [0.25, 0.3) is 0 Å². The molecule has 0 radical (unpaired) electrons. The summed E-state index contributed by atoms with van der Waals surface area (Å²) in [5.41, 5.74) is 0. The van der Waals surface area contributed by atoms with Gasteiger partial charge in [-0.2, -0.15) is 0 Å². The zero-order valence-corrected chi connectivity index (χ0v) is 33.2. The third kappa shape index (κ3) is 34.7. The highest BCUT2D eigenvalue weighted by Gasteiger charge is 2.17. The van der Waals surface area contributed by atoms with E-state index in [1.165, 1.54) is 64.2 Å². The Kier molecular flexibility index (Phi) is 36.0. The smallest absolute Gasteiger partial charge is 0.305 e. The molecule has 51 heavy (non-hydrogen) atoms. The van der Waals surface area contributed by atoms with Gasteiger partial charge in [0, 0.05) is 31.6 Å². The number of aliphatic hydroxyl groups is 1. The van der Waals surface area contributed by atoms with Crippen molar-refractivity contribution in [1.82, 2.24) is 0 Å². The highest BCUT2D eigenvalue weighted by molar-refractivity contribution is 5.70. The van der Waals surface area contributed by atoms with Gasteiger partial charge in [0.15, 0.2) is 0 Å². The largest absolute Gasteiger partial charge is 0.465 e. The third-order valence-electron chi connectivity index (χ3n) is 9.37. The number of hydrogen-bond acceptors (Lipinski definition) is 9. The Labute approximate surface area is 312 Å². The first-order chi connectivity index (χ1) is 24.9. The van der Waals surface area contributed by atoms with Gasteiger partial charge in [0.1, 0.15) is 0 Å². The Hall–Kier alpha value is -2.16. The van der Waals surface area contributed by atoms with Crippen molar-refractivity contribution in [2.24, 2.45) is 11.8 Å². The van der Waals surface area contributed by atoms with Crippen LogP contribution in [-0.4, -0.2) is 62.0 Å². The number of hydrogen-bond donors (Lipinski definition) is 1. The molecule has 0 rings (SSSR count). The Morgan fingerprint density at radius 2 is 0.627 bits per heavy atom. The number of unbranched alkanes of at least 4 members (excludes halogenated alkanes) is 19. The van der Waals surface area contributed by atoms with Crippen molar-refractivity contribution in [3.63, 3.8) is 0 Å².